The van der Waals surface area contributed by atoms with Crippen molar-refractivity contribution < 1.29 is 18.0 Å². The number of aromatic nitrogens is 1. The van der Waals surface area contributed by atoms with E-state index in [1.54, 1.807) is 29.2 Å². The number of benzene rings is 2. The Kier molecular flexibility index (Phi) is 6.68. The van der Waals surface area contributed by atoms with Crippen molar-refractivity contribution in [3.05, 3.63) is 83.6 Å². The maximum atomic E-state index is 13.3. The molecule has 0 saturated carbocycles. The van der Waals surface area contributed by atoms with Gasteiger partial charge in [-0.2, -0.15) is 18.4 Å². The lowest BCUT2D eigenvalue weighted by molar-refractivity contribution is -0.137. The number of amides is 1. The fraction of sp³-hybridized carbons (Fsp3) is 0.240. The minimum absolute atomic E-state index is 0.199. The van der Waals surface area contributed by atoms with Gasteiger partial charge in [0.15, 0.2) is 0 Å². The lowest BCUT2D eigenvalue weighted by Gasteiger charge is -2.24. The van der Waals surface area contributed by atoms with Gasteiger partial charge in [0.05, 0.1) is 22.8 Å². The number of hydrogen-bond donors (Lipinski definition) is 1. The molecule has 3 aromatic rings. The van der Waals surface area contributed by atoms with Crippen LogP contribution >= 0.6 is 0 Å². The predicted molar refractivity (Wildman–Crippen MR) is 123 cm³/mol. The number of nitrogens with one attached hydrogen (secondary N) is 1. The van der Waals surface area contributed by atoms with E-state index < -0.39 is 11.7 Å². The zero-order valence-electron chi connectivity index (χ0n) is 18.2. The Morgan fingerprint density at radius 2 is 1.79 bits per heavy atom. The highest BCUT2D eigenvalue weighted by Gasteiger charge is 2.30. The van der Waals surface area contributed by atoms with Crippen LogP contribution in [0.25, 0.3) is 0 Å². The van der Waals surface area contributed by atoms with Crippen LogP contribution in [0.15, 0.2) is 66.9 Å². The van der Waals surface area contributed by atoms with Gasteiger partial charge in [-0.3, -0.25) is 4.79 Å². The quantitative estimate of drug-likeness (QED) is 0.583. The number of carbonyl (C=O) groups is 1. The minimum Gasteiger partial charge on any atom is -0.370 e. The first-order valence-electron chi connectivity index (χ1n) is 10.8. The van der Waals surface area contributed by atoms with Gasteiger partial charge >= 0.3 is 6.18 Å². The minimum atomic E-state index is -4.46. The fourth-order valence-corrected chi connectivity index (χ4v) is 3.88. The molecular weight excluding hydrogens is 443 g/mol. The summed E-state index contributed by atoms with van der Waals surface area (Å²) < 4.78 is 39.2. The maximum Gasteiger partial charge on any atom is 0.416 e. The summed E-state index contributed by atoms with van der Waals surface area (Å²) >= 11 is 0. The number of rotatable bonds is 4. The first kappa shape index (κ1) is 23.1. The summed E-state index contributed by atoms with van der Waals surface area (Å²) in [6.07, 6.45) is -2.22. The molecule has 34 heavy (non-hydrogen) atoms. The van der Waals surface area contributed by atoms with E-state index in [1.807, 2.05) is 12.1 Å². The molecule has 0 unspecified atom stereocenters. The molecule has 9 heteroatoms. The molecule has 1 fully saturated rings. The van der Waals surface area contributed by atoms with E-state index in [9.17, 15) is 18.0 Å². The molecule has 1 aromatic heterocycles. The van der Waals surface area contributed by atoms with E-state index >= 15 is 0 Å². The lowest BCUT2D eigenvalue weighted by Crippen LogP contribution is -2.35. The molecule has 4 rings (SSSR count). The van der Waals surface area contributed by atoms with Crippen LogP contribution in [0.5, 0.6) is 0 Å². The average Bonchev–Trinajstić information content (AvgIpc) is 3.10. The molecule has 1 amide bonds. The molecule has 1 saturated heterocycles. The van der Waals surface area contributed by atoms with Crippen molar-refractivity contribution in [3.8, 4) is 6.07 Å². The number of halogens is 3. The number of anilines is 3. The second-order valence-corrected chi connectivity index (χ2v) is 7.89. The molecule has 6 nitrogen and oxygen atoms in total. The highest BCUT2D eigenvalue weighted by atomic mass is 19.4. The van der Waals surface area contributed by atoms with Crippen LogP contribution in [0.3, 0.4) is 0 Å². The van der Waals surface area contributed by atoms with E-state index in [-0.39, 0.29) is 17.4 Å². The van der Waals surface area contributed by atoms with Crippen molar-refractivity contribution in [2.24, 2.45) is 0 Å². The smallest absolute Gasteiger partial charge is 0.370 e. The third-order valence-corrected chi connectivity index (χ3v) is 5.64. The molecule has 1 aliphatic heterocycles. The van der Waals surface area contributed by atoms with Gasteiger partial charge in [-0.25, -0.2) is 4.98 Å². The third kappa shape index (κ3) is 5.29. The van der Waals surface area contributed by atoms with Gasteiger partial charge in [-0.05, 0) is 61.0 Å². The number of pyridine rings is 1. The Labute approximate surface area is 195 Å². The normalized spacial score (nSPS) is 14.3. The van der Waals surface area contributed by atoms with Crippen molar-refractivity contribution in [3.63, 3.8) is 0 Å². The molecular formula is C25H22F3N5O. The summed E-state index contributed by atoms with van der Waals surface area (Å²) in [5, 5.41) is 11.9. The molecule has 2 heterocycles. The summed E-state index contributed by atoms with van der Waals surface area (Å²) in [5.41, 5.74) is 1.29. The van der Waals surface area contributed by atoms with Gasteiger partial charge in [-0.1, -0.05) is 6.07 Å². The SMILES string of the molecule is N#Cc1ccc(N2CCCN(C(=O)c3cccnc3Nc3cccc(C(F)(F)F)c3)CC2)cc1. The standard InChI is InChI=1S/C25H22F3N5O/c26-25(27,28)19-4-1-5-20(16-19)31-23-22(6-2-11-30-23)24(34)33-13-3-12-32(14-15-33)21-9-7-18(17-29)8-10-21/h1-2,4-11,16H,3,12-15H2,(H,30,31). The molecule has 0 aliphatic carbocycles. The summed E-state index contributed by atoms with van der Waals surface area (Å²) in [7, 11) is 0. The van der Waals surface area contributed by atoms with Crippen LogP contribution in [0.1, 0.15) is 27.9 Å². The predicted octanol–water partition coefficient (Wildman–Crippen LogP) is 5.07. The Balaban J connectivity index is 1.49. The van der Waals surface area contributed by atoms with Crippen LogP contribution in [0.4, 0.5) is 30.4 Å². The number of alkyl halides is 3. The molecule has 1 aliphatic rings. The van der Waals surface area contributed by atoms with E-state index in [2.05, 4.69) is 21.3 Å². The van der Waals surface area contributed by atoms with Crippen LogP contribution in [-0.4, -0.2) is 42.0 Å². The van der Waals surface area contributed by atoms with Gasteiger partial charge in [0, 0.05) is 43.8 Å². The second-order valence-electron chi connectivity index (χ2n) is 7.89. The van der Waals surface area contributed by atoms with Crippen LogP contribution in [0, 0.1) is 11.3 Å². The molecule has 1 N–H and O–H groups in total. The number of carbonyl (C=O) groups excluding carboxylic acids is 1. The van der Waals surface area contributed by atoms with Crippen LogP contribution in [-0.2, 0) is 6.18 Å². The van der Waals surface area contributed by atoms with Crippen LogP contribution < -0.4 is 10.2 Å². The summed E-state index contributed by atoms with van der Waals surface area (Å²) in [6, 6.07) is 17.5. The zero-order valence-corrected chi connectivity index (χ0v) is 18.2. The molecule has 0 atom stereocenters. The topological polar surface area (TPSA) is 72.3 Å². The van der Waals surface area contributed by atoms with E-state index in [1.165, 1.54) is 18.3 Å². The van der Waals surface area contributed by atoms with Gasteiger partial charge in [0.25, 0.3) is 5.91 Å². The zero-order chi connectivity index (χ0) is 24.1. The Bertz CT molecular complexity index is 1200. The molecule has 2 aromatic carbocycles. The summed E-state index contributed by atoms with van der Waals surface area (Å²) in [6.45, 7) is 2.41. The highest BCUT2D eigenvalue weighted by molar-refractivity contribution is 5.99. The van der Waals surface area contributed by atoms with E-state index in [0.717, 1.165) is 30.8 Å². The van der Waals surface area contributed by atoms with E-state index in [0.29, 0.717) is 30.8 Å². The summed E-state index contributed by atoms with van der Waals surface area (Å²) in [4.78, 5) is 21.4. The average molecular weight is 465 g/mol. The Morgan fingerprint density at radius 1 is 1.00 bits per heavy atom. The van der Waals surface area contributed by atoms with Crippen molar-refractivity contribution in [1.29, 1.82) is 5.26 Å². The molecule has 0 spiro atoms. The van der Waals surface area contributed by atoms with Crippen molar-refractivity contribution in [2.75, 3.05) is 36.4 Å². The van der Waals surface area contributed by atoms with E-state index in [4.69, 9.17) is 5.26 Å². The third-order valence-electron chi connectivity index (χ3n) is 5.64. The monoisotopic (exact) mass is 465 g/mol. The lowest BCUT2D eigenvalue weighted by atomic mass is 10.1. The Morgan fingerprint density at radius 3 is 2.53 bits per heavy atom. The summed E-state index contributed by atoms with van der Waals surface area (Å²) in [5.74, 6) is -0.0238. The van der Waals surface area contributed by atoms with Gasteiger partial charge < -0.3 is 15.1 Å². The van der Waals surface area contributed by atoms with Crippen LogP contribution in [0.2, 0.25) is 0 Å². The molecule has 0 bridgehead atoms. The number of nitriles is 1. The number of hydrogen-bond acceptors (Lipinski definition) is 5. The molecule has 0 radical (unpaired) electrons. The van der Waals surface area contributed by atoms with Gasteiger partial charge in [-0.15, -0.1) is 0 Å². The largest absolute Gasteiger partial charge is 0.416 e. The van der Waals surface area contributed by atoms with Crippen molar-refractivity contribution >= 4 is 23.1 Å². The number of nitrogens with zero attached hydrogens (tertiary/aromatic N) is 4. The van der Waals surface area contributed by atoms with Gasteiger partial charge in [0.2, 0.25) is 0 Å². The van der Waals surface area contributed by atoms with Gasteiger partial charge in [0.1, 0.15) is 5.82 Å². The van der Waals surface area contributed by atoms with Crippen molar-refractivity contribution in [1.82, 2.24) is 9.88 Å². The maximum absolute atomic E-state index is 13.3. The molecule has 174 valence electrons. The Hall–Kier alpha value is -4.06. The fourth-order valence-electron chi connectivity index (χ4n) is 3.88. The van der Waals surface area contributed by atoms with Crippen molar-refractivity contribution in [2.45, 2.75) is 12.6 Å². The second kappa shape index (κ2) is 9.83. The first-order valence-corrected chi connectivity index (χ1v) is 10.8. The highest BCUT2D eigenvalue weighted by Crippen LogP contribution is 2.31. The first-order chi connectivity index (χ1) is 16.3.